The molecule has 0 bridgehead atoms. The fourth-order valence-corrected chi connectivity index (χ4v) is 0.682. The van der Waals surface area contributed by atoms with Crippen molar-refractivity contribution in [3.05, 3.63) is 24.5 Å². The van der Waals surface area contributed by atoms with Crippen LogP contribution in [0, 0.1) is 0 Å². The molecule has 40 valence electrons. The van der Waals surface area contributed by atoms with Gasteiger partial charge in [-0.1, -0.05) is 5.16 Å². The number of fused-ring (bicyclic) bond motifs is 1. The molecule has 3 heteroatoms. The van der Waals surface area contributed by atoms with Crippen molar-refractivity contribution in [3.63, 3.8) is 0 Å². The molecule has 8 heavy (non-hydrogen) atoms. The zero-order chi connectivity index (χ0) is 5.40. The number of rotatable bonds is 0. The maximum atomic E-state index is 4.72. The van der Waals surface area contributed by atoms with Crippen LogP contribution in [0.2, 0.25) is 0 Å². The van der Waals surface area contributed by atoms with Gasteiger partial charge in [-0.2, -0.15) is 4.57 Å². The van der Waals surface area contributed by atoms with Crippen molar-refractivity contribution in [1.82, 2.24) is 9.73 Å². The van der Waals surface area contributed by atoms with Gasteiger partial charge in [0.05, 0.1) is 6.20 Å². The van der Waals surface area contributed by atoms with Crippen LogP contribution in [-0.4, -0.2) is 9.73 Å². The summed E-state index contributed by atoms with van der Waals surface area (Å²) in [7, 11) is 0. The van der Waals surface area contributed by atoms with Crippen molar-refractivity contribution >= 4 is 5.52 Å². The third-order valence-corrected chi connectivity index (χ3v) is 1.06. The Balaban J connectivity index is 3.06. The van der Waals surface area contributed by atoms with Gasteiger partial charge < -0.3 is 0 Å². The largest absolute Gasteiger partial charge is 0.263 e. The highest BCUT2D eigenvalue weighted by Crippen LogP contribution is 1.99. The van der Waals surface area contributed by atoms with E-state index in [1.54, 1.807) is 10.8 Å². The van der Waals surface area contributed by atoms with Gasteiger partial charge in [-0.15, -0.1) is 0 Å². The van der Waals surface area contributed by atoms with Crippen LogP contribution in [0.25, 0.3) is 5.52 Å². The van der Waals surface area contributed by atoms with E-state index in [1.165, 1.54) is 0 Å². The summed E-state index contributed by atoms with van der Waals surface area (Å²) in [5.41, 5.74) is 0.991. The molecule has 0 atom stereocenters. The Bertz CT molecular complexity index is 232. The lowest BCUT2D eigenvalue weighted by atomic mass is 10.6. The lowest BCUT2D eigenvalue weighted by molar-refractivity contribution is 0.273. The molecule has 0 aliphatic rings. The molecule has 2 aromatic heterocycles. The molecule has 0 aliphatic carbocycles. The molecule has 0 aliphatic heterocycles. The van der Waals surface area contributed by atoms with E-state index in [1.807, 2.05) is 18.3 Å². The van der Waals surface area contributed by atoms with Gasteiger partial charge in [0, 0.05) is 6.20 Å². The van der Waals surface area contributed by atoms with E-state index in [2.05, 4.69) is 5.16 Å². The smallest absolute Gasteiger partial charge is 0.104 e. The van der Waals surface area contributed by atoms with Crippen molar-refractivity contribution in [2.24, 2.45) is 0 Å². The predicted octanol–water partition coefficient (Wildman–Crippen LogP) is 0.927. The first-order valence-electron chi connectivity index (χ1n) is 2.35. The number of nitrogens with zero attached hydrogens (tertiary/aromatic N) is 2. The van der Waals surface area contributed by atoms with Crippen LogP contribution in [0.4, 0.5) is 0 Å². The lowest BCUT2D eigenvalue weighted by Crippen LogP contribution is -1.66. The van der Waals surface area contributed by atoms with Gasteiger partial charge in [0.25, 0.3) is 0 Å². The minimum atomic E-state index is 0.991. The number of hydrogen-bond acceptors (Lipinski definition) is 2. The Labute approximate surface area is 45.5 Å². The van der Waals surface area contributed by atoms with Gasteiger partial charge in [-0.25, -0.2) is 0 Å². The first-order valence-corrected chi connectivity index (χ1v) is 2.35. The molecule has 2 heterocycles. The quantitative estimate of drug-likeness (QED) is 0.502. The zero-order valence-corrected chi connectivity index (χ0v) is 4.11. The highest BCUT2D eigenvalue weighted by molar-refractivity contribution is 5.42. The predicted molar refractivity (Wildman–Crippen MR) is 27.5 cm³/mol. The monoisotopic (exact) mass is 108 g/mol. The average Bonchev–Trinajstić information content (AvgIpc) is 2.15. The average molecular weight is 108 g/mol. The fourth-order valence-electron chi connectivity index (χ4n) is 0.682. The van der Waals surface area contributed by atoms with Crippen LogP contribution in [0.1, 0.15) is 0 Å². The van der Waals surface area contributed by atoms with Crippen LogP contribution in [0.3, 0.4) is 0 Å². The van der Waals surface area contributed by atoms with E-state index in [9.17, 15) is 0 Å². The first kappa shape index (κ1) is 3.72. The molecular weight excluding hydrogens is 104 g/mol. The highest BCUT2D eigenvalue weighted by Gasteiger charge is 1.89. The SMILES string of the molecule is c1cc2cnon2c1. The Morgan fingerprint density at radius 2 is 2.62 bits per heavy atom. The molecule has 0 radical (unpaired) electrons. The summed E-state index contributed by atoms with van der Waals surface area (Å²) in [4.78, 5) is 0. The molecule has 0 amide bonds. The summed E-state index contributed by atoms with van der Waals surface area (Å²) in [5, 5.41) is 3.55. The zero-order valence-electron chi connectivity index (χ0n) is 4.11. The molecule has 0 spiro atoms. The summed E-state index contributed by atoms with van der Waals surface area (Å²) in [6, 6.07) is 3.83. The standard InChI is InChI=1S/C5H4N2O/c1-2-5-4-6-8-7(5)3-1/h1-4H. The van der Waals surface area contributed by atoms with Crippen molar-refractivity contribution in [2.75, 3.05) is 0 Å². The van der Waals surface area contributed by atoms with Gasteiger partial charge in [-0.3, -0.25) is 4.63 Å². The summed E-state index contributed by atoms with van der Waals surface area (Å²) in [6.45, 7) is 0. The van der Waals surface area contributed by atoms with Gasteiger partial charge in [0.1, 0.15) is 5.52 Å². The van der Waals surface area contributed by atoms with Crippen molar-refractivity contribution in [1.29, 1.82) is 0 Å². The minimum Gasteiger partial charge on any atom is -0.263 e. The Morgan fingerprint density at radius 1 is 1.62 bits per heavy atom. The molecule has 0 saturated carbocycles. The summed E-state index contributed by atoms with van der Waals surface area (Å²) >= 11 is 0. The van der Waals surface area contributed by atoms with E-state index in [4.69, 9.17) is 4.63 Å². The number of hydrogen-bond donors (Lipinski definition) is 0. The van der Waals surface area contributed by atoms with Crippen LogP contribution in [0.15, 0.2) is 29.2 Å². The summed E-state index contributed by atoms with van der Waals surface area (Å²) < 4.78 is 6.32. The fraction of sp³-hybridized carbons (Fsp3) is 0. The molecule has 0 N–H and O–H groups in total. The van der Waals surface area contributed by atoms with Gasteiger partial charge >= 0.3 is 0 Å². The molecule has 0 aromatic carbocycles. The van der Waals surface area contributed by atoms with Gasteiger partial charge in [-0.05, 0) is 12.1 Å². The molecule has 0 unspecified atom stereocenters. The molecule has 3 nitrogen and oxygen atoms in total. The second-order valence-corrected chi connectivity index (χ2v) is 1.58. The van der Waals surface area contributed by atoms with Crippen LogP contribution >= 0.6 is 0 Å². The lowest BCUT2D eigenvalue weighted by Gasteiger charge is -1.70. The van der Waals surface area contributed by atoms with E-state index in [0.29, 0.717) is 0 Å². The highest BCUT2D eigenvalue weighted by atomic mass is 16.6. The van der Waals surface area contributed by atoms with Crippen LogP contribution in [0.5, 0.6) is 0 Å². The summed E-state index contributed by atoms with van der Waals surface area (Å²) in [6.07, 6.45) is 3.47. The van der Waals surface area contributed by atoms with Crippen molar-refractivity contribution in [2.45, 2.75) is 0 Å². The Kier molecular flexibility index (Phi) is 0.521. The topological polar surface area (TPSA) is 30.4 Å². The molecule has 2 aromatic rings. The van der Waals surface area contributed by atoms with E-state index < -0.39 is 0 Å². The molecular formula is C5H4N2O. The molecule has 2 rings (SSSR count). The first-order chi connectivity index (χ1) is 3.97. The normalized spacial score (nSPS) is 10.5. The van der Waals surface area contributed by atoms with Crippen molar-refractivity contribution in [3.8, 4) is 0 Å². The Hall–Kier alpha value is -1.25. The summed E-state index contributed by atoms with van der Waals surface area (Å²) in [5.74, 6) is 0. The second-order valence-electron chi connectivity index (χ2n) is 1.58. The Morgan fingerprint density at radius 3 is 3.50 bits per heavy atom. The maximum Gasteiger partial charge on any atom is 0.104 e. The van der Waals surface area contributed by atoms with Crippen molar-refractivity contribution < 1.29 is 4.63 Å². The minimum absolute atomic E-state index is 0.991. The number of aromatic nitrogens is 2. The third kappa shape index (κ3) is 0.307. The molecule has 0 fully saturated rings. The van der Waals surface area contributed by atoms with Crippen LogP contribution < -0.4 is 0 Å². The van der Waals surface area contributed by atoms with Gasteiger partial charge in [0.15, 0.2) is 0 Å². The van der Waals surface area contributed by atoms with E-state index >= 15 is 0 Å². The third-order valence-electron chi connectivity index (χ3n) is 1.06. The van der Waals surface area contributed by atoms with Gasteiger partial charge in [0.2, 0.25) is 0 Å². The van der Waals surface area contributed by atoms with E-state index in [-0.39, 0.29) is 0 Å². The van der Waals surface area contributed by atoms with E-state index in [0.717, 1.165) is 5.52 Å². The molecule has 0 saturated heterocycles. The second kappa shape index (κ2) is 1.12. The van der Waals surface area contributed by atoms with Crippen LogP contribution in [-0.2, 0) is 0 Å². The maximum absolute atomic E-state index is 4.72.